The van der Waals surface area contributed by atoms with Crippen molar-refractivity contribution in [1.82, 2.24) is 4.90 Å². The molecule has 1 unspecified atom stereocenters. The average molecular weight is 276 g/mol. The predicted molar refractivity (Wildman–Crippen MR) is 67.3 cm³/mol. The number of esters is 1. The van der Waals surface area contributed by atoms with Gasteiger partial charge in [-0.25, -0.2) is 9.59 Å². The first-order valence-corrected chi connectivity index (χ1v) is 6.13. The van der Waals surface area contributed by atoms with E-state index in [1.807, 2.05) is 0 Å². The summed E-state index contributed by atoms with van der Waals surface area (Å²) in [5, 5.41) is 0. The molecular weight excluding hydrogens is 258 g/mol. The summed E-state index contributed by atoms with van der Waals surface area (Å²) in [7, 11) is 1.27. The zero-order valence-electron chi connectivity index (χ0n) is 11.0. The summed E-state index contributed by atoms with van der Waals surface area (Å²) >= 11 is 5.86. The number of methoxy groups -OCH3 is 1. The van der Waals surface area contributed by atoms with E-state index in [4.69, 9.17) is 21.1 Å². The van der Waals surface area contributed by atoms with Gasteiger partial charge in [0.1, 0.15) is 5.60 Å². The Morgan fingerprint density at radius 1 is 1.44 bits per heavy atom. The van der Waals surface area contributed by atoms with Crippen LogP contribution >= 0.6 is 11.6 Å². The number of alkyl halides is 1. The molecule has 0 N–H and O–H groups in total. The van der Waals surface area contributed by atoms with Gasteiger partial charge in [0.25, 0.3) is 0 Å². The first-order valence-electron chi connectivity index (χ1n) is 5.60. The summed E-state index contributed by atoms with van der Waals surface area (Å²) in [5.41, 5.74) is -1.83. The van der Waals surface area contributed by atoms with Crippen molar-refractivity contribution >= 4 is 23.7 Å². The van der Waals surface area contributed by atoms with Gasteiger partial charge in [-0.2, -0.15) is 0 Å². The molecule has 0 spiro atoms. The minimum absolute atomic E-state index is 0.0497. The second kappa shape index (κ2) is 5.18. The van der Waals surface area contributed by atoms with E-state index in [0.717, 1.165) is 0 Å². The molecule has 1 heterocycles. The quantitative estimate of drug-likeness (QED) is 0.573. The number of nitrogens with zero attached hydrogens (tertiary/aromatic N) is 1. The third kappa shape index (κ3) is 2.77. The maximum atomic E-state index is 12.0. The SMILES string of the molecule is COC(=O)C1(CCl)CC=CN1C(=O)OC(C)(C)C. The lowest BCUT2D eigenvalue weighted by Gasteiger charge is -2.34. The van der Waals surface area contributed by atoms with Crippen LogP contribution in [0.3, 0.4) is 0 Å². The van der Waals surface area contributed by atoms with Crippen LogP contribution in [0.1, 0.15) is 27.2 Å². The number of carbonyl (C=O) groups is 2. The van der Waals surface area contributed by atoms with Gasteiger partial charge in [-0.3, -0.25) is 4.90 Å². The highest BCUT2D eigenvalue weighted by Crippen LogP contribution is 2.31. The van der Waals surface area contributed by atoms with Gasteiger partial charge < -0.3 is 9.47 Å². The monoisotopic (exact) mass is 275 g/mol. The fourth-order valence-electron chi connectivity index (χ4n) is 1.69. The topological polar surface area (TPSA) is 55.8 Å². The van der Waals surface area contributed by atoms with Crippen LogP contribution in [0.4, 0.5) is 4.79 Å². The van der Waals surface area contributed by atoms with Crippen molar-refractivity contribution < 1.29 is 19.1 Å². The van der Waals surface area contributed by atoms with Crippen molar-refractivity contribution in [2.75, 3.05) is 13.0 Å². The van der Waals surface area contributed by atoms with E-state index in [1.165, 1.54) is 18.2 Å². The Morgan fingerprint density at radius 2 is 2.06 bits per heavy atom. The largest absolute Gasteiger partial charge is 0.467 e. The van der Waals surface area contributed by atoms with Crippen molar-refractivity contribution in [2.24, 2.45) is 0 Å². The summed E-state index contributed by atoms with van der Waals surface area (Å²) in [4.78, 5) is 25.1. The molecule has 0 aliphatic carbocycles. The van der Waals surface area contributed by atoms with Crippen LogP contribution in [-0.2, 0) is 14.3 Å². The number of rotatable bonds is 2. The molecule has 0 bridgehead atoms. The van der Waals surface area contributed by atoms with Gasteiger partial charge in [0.15, 0.2) is 5.54 Å². The number of ether oxygens (including phenoxy) is 2. The molecule has 1 aliphatic rings. The van der Waals surface area contributed by atoms with Crippen molar-refractivity contribution in [3.05, 3.63) is 12.3 Å². The molecule has 0 fully saturated rings. The lowest BCUT2D eigenvalue weighted by molar-refractivity contribution is -0.151. The average Bonchev–Trinajstić information content (AvgIpc) is 2.70. The molecule has 1 amide bonds. The van der Waals surface area contributed by atoms with Crippen molar-refractivity contribution in [3.63, 3.8) is 0 Å². The van der Waals surface area contributed by atoms with Crippen LogP contribution in [-0.4, -0.2) is 41.1 Å². The van der Waals surface area contributed by atoms with E-state index in [-0.39, 0.29) is 5.88 Å². The normalized spacial score (nSPS) is 23.1. The van der Waals surface area contributed by atoms with E-state index in [0.29, 0.717) is 6.42 Å². The Bertz CT molecular complexity index is 375. The standard InChI is InChI=1S/C12H18ClNO4/c1-11(2,3)18-10(16)14-7-5-6-12(14,8-13)9(15)17-4/h5,7H,6,8H2,1-4H3. The molecule has 6 heteroatoms. The first kappa shape index (κ1) is 14.8. The smallest absolute Gasteiger partial charge is 0.415 e. The molecule has 0 saturated heterocycles. The van der Waals surface area contributed by atoms with E-state index in [9.17, 15) is 9.59 Å². The van der Waals surface area contributed by atoms with Gasteiger partial charge in [-0.05, 0) is 20.8 Å². The van der Waals surface area contributed by atoms with E-state index < -0.39 is 23.2 Å². The fourth-order valence-corrected chi connectivity index (χ4v) is 2.03. The lowest BCUT2D eigenvalue weighted by Crippen LogP contribution is -2.55. The van der Waals surface area contributed by atoms with Gasteiger partial charge in [-0.1, -0.05) is 6.08 Å². The fraction of sp³-hybridized carbons (Fsp3) is 0.667. The molecule has 5 nitrogen and oxygen atoms in total. The Balaban J connectivity index is 2.95. The Morgan fingerprint density at radius 3 is 2.50 bits per heavy atom. The minimum Gasteiger partial charge on any atom is -0.467 e. The number of carbonyl (C=O) groups excluding carboxylic acids is 2. The molecule has 0 aromatic carbocycles. The maximum absolute atomic E-state index is 12.0. The van der Waals surface area contributed by atoms with Gasteiger partial charge in [0.05, 0.1) is 13.0 Å². The molecule has 18 heavy (non-hydrogen) atoms. The van der Waals surface area contributed by atoms with Crippen LogP contribution in [0.15, 0.2) is 12.3 Å². The molecule has 0 aromatic rings. The number of hydrogen-bond donors (Lipinski definition) is 0. The van der Waals surface area contributed by atoms with Gasteiger partial charge >= 0.3 is 12.1 Å². The predicted octanol–water partition coefficient (Wildman–Crippen LogP) is 2.29. The highest BCUT2D eigenvalue weighted by molar-refractivity contribution is 6.20. The summed E-state index contributed by atoms with van der Waals surface area (Å²) in [6, 6.07) is 0. The van der Waals surface area contributed by atoms with Gasteiger partial charge in [-0.15, -0.1) is 11.6 Å². The van der Waals surface area contributed by atoms with E-state index in [1.54, 1.807) is 26.8 Å². The summed E-state index contributed by atoms with van der Waals surface area (Å²) in [6.45, 7) is 5.27. The Hall–Kier alpha value is -1.23. The van der Waals surface area contributed by atoms with E-state index >= 15 is 0 Å². The van der Waals surface area contributed by atoms with Crippen LogP contribution in [0, 0.1) is 0 Å². The highest BCUT2D eigenvalue weighted by Gasteiger charge is 2.49. The summed E-state index contributed by atoms with van der Waals surface area (Å²) < 4.78 is 9.97. The third-order valence-electron chi connectivity index (χ3n) is 2.55. The molecule has 1 aliphatic heterocycles. The molecule has 102 valence electrons. The van der Waals surface area contributed by atoms with E-state index in [2.05, 4.69) is 0 Å². The maximum Gasteiger partial charge on any atom is 0.415 e. The van der Waals surface area contributed by atoms with Crippen molar-refractivity contribution in [2.45, 2.75) is 38.3 Å². The van der Waals surface area contributed by atoms with Gasteiger partial charge in [0, 0.05) is 12.6 Å². The zero-order chi connectivity index (χ0) is 14.0. The highest BCUT2D eigenvalue weighted by atomic mass is 35.5. The summed E-state index contributed by atoms with van der Waals surface area (Å²) in [5.74, 6) is -0.598. The zero-order valence-corrected chi connectivity index (χ0v) is 11.8. The van der Waals surface area contributed by atoms with Crippen LogP contribution in [0.25, 0.3) is 0 Å². The molecule has 0 aromatic heterocycles. The van der Waals surface area contributed by atoms with Gasteiger partial charge in [0.2, 0.25) is 0 Å². The van der Waals surface area contributed by atoms with Crippen molar-refractivity contribution in [1.29, 1.82) is 0 Å². The molecule has 1 atom stereocenters. The first-order chi connectivity index (χ1) is 8.27. The van der Waals surface area contributed by atoms with Crippen LogP contribution in [0.5, 0.6) is 0 Å². The molecular formula is C12H18ClNO4. The minimum atomic E-state index is -1.20. The second-order valence-corrected chi connectivity index (χ2v) is 5.36. The third-order valence-corrected chi connectivity index (χ3v) is 2.99. The van der Waals surface area contributed by atoms with Crippen molar-refractivity contribution in [3.8, 4) is 0 Å². The number of amides is 1. The molecule has 1 rings (SSSR count). The Labute approximate surface area is 112 Å². The molecule has 0 radical (unpaired) electrons. The second-order valence-electron chi connectivity index (χ2n) is 5.10. The summed E-state index contributed by atoms with van der Waals surface area (Å²) in [6.07, 6.45) is 2.92. The van der Waals surface area contributed by atoms with Crippen LogP contribution in [0.2, 0.25) is 0 Å². The van der Waals surface area contributed by atoms with Crippen LogP contribution < -0.4 is 0 Å². The Kier molecular flexibility index (Phi) is 4.27. The molecule has 0 saturated carbocycles. The number of hydrogen-bond acceptors (Lipinski definition) is 4. The lowest BCUT2D eigenvalue weighted by atomic mass is 9.99. The number of halogens is 1.